The Morgan fingerprint density at radius 3 is 2.77 bits per heavy atom. The highest BCUT2D eigenvalue weighted by molar-refractivity contribution is 6.08. The van der Waals surface area contributed by atoms with Crippen LogP contribution in [0.25, 0.3) is 0 Å². The number of carbonyl (C=O) groups excluding carboxylic acids is 2. The Labute approximate surface area is 152 Å². The highest BCUT2D eigenvalue weighted by Gasteiger charge is 2.42. The van der Waals surface area contributed by atoms with E-state index in [1.54, 1.807) is 24.1 Å². The van der Waals surface area contributed by atoms with Crippen molar-refractivity contribution in [2.45, 2.75) is 13.0 Å². The minimum Gasteiger partial charge on any atom is -0.503 e. The number of hydrogen-bond acceptors (Lipinski definition) is 5. The van der Waals surface area contributed by atoms with E-state index in [4.69, 9.17) is 9.47 Å². The third-order valence-electron chi connectivity index (χ3n) is 5.00. The molecule has 1 fully saturated rings. The smallest absolute Gasteiger partial charge is 0.290 e. The molecule has 1 amide bonds. The summed E-state index contributed by atoms with van der Waals surface area (Å²) in [4.78, 5) is 27.7. The lowest BCUT2D eigenvalue weighted by Gasteiger charge is -2.30. The predicted molar refractivity (Wildman–Crippen MR) is 94.2 cm³/mol. The van der Waals surface area contributed by atoms with Crippen molar-refractivity contribution in [2.75, 3.05) is 46.5 Å². The summed E-state index contributed by atoms with van der Waals surface area (Å²) in [6.07, 6.45) is 0. The van der Waals surface area contributed by atoms with Crippen molar-refractivity contribution in [3.05, 3.63) is 41.2 Å². The van der Waals surface area contributed by atoms with Crippen LogP contribution in [0.1, 0.15) is 18.5 Å². The Bertz CT molecular complexity index is 724. The van der Waals surface area contributed by atoms with E-state index in [2.05, 4.69) is 0 Å². The highest BCUT2D eigenvalue weighted by Crippen LogP contribution is 2.38. The zero-order valence-corrected chi connectivity index (χ0v) is 15.2. The van der Waals surface area contributed by atoms with Crippen LogP contribution in [-0.2, 0) is 14.3 Å². The van der Waals surface area contributed by atoms with Gasteiger partial charge in [0, 0.05) is 0 Å². The summed E-state index contributed by atoms with van der Waals surface area (Å²) in [6, 6.07) is 6.68. The molecule has 1 saturated heterocycles. The molecule has 2 heterocycles. The number of nitrogens with one attached hydrogen (secondary N) is 1. The van der Waals surface area contributed by atoms with E-state index in [1.807, 2.05) is 12.1 Å². The van der Waals surface area contributed by atoms with Gasteiger partial charge in [-0.25, -0.2) is 0 Å². The van der Waals surface area contributed by atoms with Crippen molar-refractivity contribution in [1.29, 1.82) is 0 Å². The lowest BCUT2D eigenvalue weighted by Crippen LogP contribution is -3.14. The van der Waals surface area contributed by atoms with Crippen LogP contribution >= 0.6 is 0 Å². The number of aliphatic hydroxyl groups excluding tert-OH is 1. The SMILES string of the molecule is COc1cccc([C@@H]2C(C(C)=O)=C(O)C(=O)N2CC[NH+]2CCOCC2)c1. The number of carbonyl (C=O) groups is 2. The van der Waals surface area contributed by atoms with E-state index in [0.29, 0.717) is 25.5 Å². The molecule has 2 aliphatic heterocycles. The number of hydrogen-bond donors (Lipinski definition) is 2. The molecular weight excluding hydrogens is 336 g/mol. The van der Waals surface area contributed by atoms with Gasteiger partial charge in [0.05, 0.1) is 45.0 Å². The van der Waals surface area contributed by atoms with Gasteiger partial charge in [0.1, 0.15) is 18.8 Å². The molecule has 0 radical (unpaired) electrons. The van der Waals surface area contributed by atoms with Crippen molar-refractivity contribution < 1.29 is 29.1 Å². The summed E-state index contributed by atoms with van der Waals surface area (Å²) in [5, 5.41) is 10.3. The maximum atomic E-state index is 12.6. The average molecular weight is 361 g/mol. The molecule has 3 rings (SSSR count). The molecule has 0 unspecified atom stereocenters. The van der Waals surface area contributed by atoms with Gasteiger partial charge in [0.2, 0.25) is 0 Å². The highest BCUT2D eigenvalue weighted by atomic mass is 16.5. The summed E-state index contributed by atoms with van der Waals surface area (Å²) in [7, 11) is 1.57. The van der Waals surface area contributed by atoms with Crippen molar-refractivity contribution in [3.63, 3.8) is 0 Å². The van der Waals surface area contributed by atoms with E-state index < -0.39 is 17.7 Å². The molecule has 140 valence electrons. The first-order chi connectivity index (χ1) is 12.5. The molecule has 0 spiro atoms. The molecule has 1 aromatic carbocycles. The second-order valence-corrected chi connectivity index (χ2v) is 6.61. The van der Waals surface area contributed by atoms with Gasteiger partial charge in [-0.05, 0) is 24.6 Å². The largest absolute Gasteiger partial charge is 0.503 e. The van der Waals surface area contributed by atoms with Crippen LogP contribution < -0.4 is 9.64 Å². The zero-order valence-electron chi connectivity index (χ0n) is 15.2. The third-order valence-corrected chi connectivity index (χ3v) is 5.00. The quantitative estimate of drug-likeness (QED) is 0.739. The van der Waals surface area contributed by atoms with Crippen LogP contribution in [0.2, 0.25) is 0 Å². The molecule has 2 N–H and O–H groups in total. The van der Waals surface area contributed by atoms with Gasteiger partial charge in [0.15, 0.2) is 11.5 Å². The molecule has 1 aromatic rings. The number of amides is 1. The molecule has 0 bridgehead atoms. The normalized spacial score (nSPS) is 21.4. The van der Waals surface area contributed by atoms with Gasteiger partial charge >= 0.3 is 0 Å². The number of aliphatic hydroxyl groups is 1. The lowest BCUT2D eigenvalue weighted by atomic mass is 9.96. The number of ether oxygens (including phenoxy) is 2. The molecular formula is C19H25N2O5+. The number of methoxy groups -OCH3 is 1. The van der Waals surface area contributed by atoms with Gasteiger partial charge in [-0.3, -0.25) is 9.59 Å². The molecule has 0 aromatic heterocycles. The minimum atomic E-state index is -0.587. The molecule has 7 nitrogen and oxygen atoms in total. The second-order valence-electron chi connectivity index (χ2n) is 6.61. The number of benzene rings is 1. The van der Waals surface area contributed by atoms with Crippen LogP contribution in [0.3, 0.4) is 0 Å². The Kier molecular flexibility index (Phi) is 5.58. The fraction of sp³-hybridized carbons (Fsp3) is 0.474. The summed E-state index contributed by atoms with van der Waals surface area (Å²) in [6.45, 7) is 5.79. The van der Waals surface area contributed by atoms with Crippen molar-refractivity contribution in [3.8, 4) is 5.75 Å². The summed E-state index contributed by atoms with van der Waals surface area (Å²) in [5.41, 5.74) is 0.907. The van der Waals surface area contributed by atoms with E-state index in [9.17, 15) is 14.7 Å². The summed E-state index contributed by atoms with van der Waals surface area (Å²) < 4.78 is 10.6. The van der Waals surface area contributed by atoms with Crippen molar-refractivity contribution in [1.82, 2.24) is 4.90 Å². The minimum absolute atomic E-state index is 0.153. The first kappa shape index (κ1) is 18.4. The van der Waals surface area contributed by atoms with Gasteiger partial charge in [-0.15, -0.1) is 0 Å². The lowest BCUT2D eigenvalue weighted by molar-refractivity contribution is -0.907. The average Bonchev–Trinajstić information content (AvgIpc) is 2.92. The van der Waals surface area contributed by atoms with E-state index in [1.165, 1.54) is 11.8 Å². The molecule has 1 atom stereocenters. The van der Waals surface area contributed by atoms with Crippen LogP contribution in [0.15, 0.2) is 35.6 Å². The number of nitrogens with zero attached hydrogens (tertiary/aromatic N) is 1. The monoisotopic (exact) mass is 361 g/mol. The van der Waals surface area contributed by atoms with Crippen LogP contribution in [0.4, 0.5) is 0 Å². The first-order valence-corrected chi connectivity index (χ1v) is 8.83. The standard InChI is InChI=1S/C19H24N2O5/c1-13(22)16-17(14-4-3-5-15(12-14)25-2)21(19(24)18(16)23)7-6-20-8-10-26-11-9-20/h3-5,12,17,23H,6-11H2,1-2H3/p+1/t17-/m1/s1. The second kappa shape index (κ2) is 7.88. The molecule has 26 heavy (non-hydrogen) atoms. The molecule has 0 saturated carbocycles. The van der Waals surface area contributed by atoms with Crippen molar-refractivity contribution >= 4 is 11.7 Å². The maximum Gasteiger partial charge on any atom is 0.290 e. The number of morpholine rings is 1. The van der Waals surface area contributed by atoms with Crippen molar-refractivity contribution in [2.24, 2.45) is 0 Å². The number of rotatable bonds is 6. The number of Topliss-reactive ketones (excluding diaryl/α,β-unsaturated/α-hetero) is 1. The van der Waals surface area contributed by atoms with Gasteiger partial charge in [0.25, 0.3) is 5.91 Å². The van der Waals surface area contributed by atoms with Crippen LogP contribution in [-0.4, -0.2) is 68.2 Å². The summed E-state index contributed by atoms with van der Waals surface area (Å²) >= 11 is 0. The zero-order chi connectivity index (χ0) is 18.7. The Balaban J connectivity index is 1.88. The Morgan fingerprint density at radius 1 is 1.38 bits per heavy atom. The molecule has 0 aliphatic carbocycles. The number of quaternary nitrogens is 1. The van der Waals surface area contributed by atoms with Gasteiger partial charge in [-0.2, -0.15) is 0 Å². The van der Waals surface area contributed by atoms with Crippen LogP contribution in [0.5, 0.6) is 5.75 Å². The number of ketones is 1. The maximum absolute atomic E-state index is 12.6. The Morgan fingerprint density at radius 2 is 2.12 bits per heavy atom. The topological polar surface area (TPSA) is 80.5 Å². The summed E-state index contributed by atoms with van der Waals surface area (Å²) in [5.74, 6) is -0.592. The van der Waals surface area contributed by atoms with Gasteiger partial charge in [-0.1, -0.05) is 12.1 Å². The van der Waals surface area contributed by atoms with Gasteiger partial charge < -0.3 is 24.4 Å². The Hall–Kier alpha value is -2.38. The fourth-order valence-electron chi connectivity index (χ4n) is 3.59. The molecule has 7 heteroatoms. The van der Waals surface area contributed by atoms with Crippen LogP contribution in [0, 0.1) is 0 Å². The first-order valence-electron chi connectivity index (χ1n) is 8.83. The fourth-order valence-corrected chi connectivity index (χ4v) is 3.59. The van der Waals surface area contributed by atoms with E-state index in [0.717, 1.165) is 25.2 Å². The molecule has 2 aliphatic rings. The third kappa shape index (κ3) is 3.59. The van der Waals surface area contributed by atoms with E-state index >= 15 is 0 Å². The van der Waals surface area contributed by atoms with E-state index in [-0.39, 0.29) is 11.4 Å². The predicted octanol–water partition coefficient (Wildman–Crippen LogP) is -0.105.